The molecule has 7 nitrogen and oxygen atoms in total. The molecule has 0 aliphatic carbocycles. The van der Waals surface area contributed by atoms with Crippen molar-refractivity contribution in [1.29, 1.82) is 0 Å². The molecule has 0 saturated carbocycles. The van der Waals surface area contributed by atoms with E-state index >= 15 is 0 Å². The SMILES string of the molecule is CCOC(=O)C1CCCCN1C(=O)c1cc(-c2cccs2)nc2c1c(C)nn2C. The molecule has 0 radical (unpaired) electrons. The van der Waals surface area contributed by atoms with Gasteiger partial charge in [-0.05, 0) is 50.6 Å². The number of hydrogen-bond acceptors (Lipinski definition) is 6. The summed E-state index contributed by atoms with van der Waals surface area (Å²) >= 11 is 1.57. The number of piperidine rings is 1. The summed E-state index contributed by atoms with van der Waals surface area (Å²) in [5.74, 6) is -0.490. The first-order valence-electron chi connectivity index (χ1n) is 9.87. The predicted molar refractivity (Wildman–Crippen MR) is 112 cm³/mol. The summed E-state index contributed by atoms with van der Waals surface area (Å²) < 4.78 is 6.94. The van der Waals surface area contributed by atoms with Gasteiger partial charge in [0.25, 0.3) is 5.91 Å². The van der Waals surface area contributed by atoms with Gasteiger partial charge in [-0.2, -0.15) is 5.10 Å². The number of carbonyl (C=O) groups excluding carboxylic acids is 2. The summed E-state index contributed by atoms with van der Waals surface area (Å²) in [6.07, 6.45) is 2.41. The first kappa shape index (κ1) is 19.6. The molecule has 0 N–H and O–H groups in total. The topological polar surface area (TPSA) is 77.3 Å². The Morgan fingerprint density at radius 1 is 1.34 bits per heavy atom. The molecule has 1 atom stereocenters. The second-order valence-electron chi connectivity index (χ2n) is 7.20. The van der Waals surface area contributed by atoms with Gasteiger partial charge >= 0.3 is 5.97 Å². The van der Waals surface area contributed by atoms with Crippen molar-refractivity contribution in [3.05, 3.63) is 34.8 Å². The Hall–Kier alpha value is -2.74. The van der Waals surface area contributed by atoms with Crippen LogP contribution < -0.4 is 0 Å². The zero-order valence-corrected chi connectivity index (χ0v) is 17.7. The monoisotopic (exact) mass is 412 g/mol. The van der Waals surface area contributed by atoms with Crippen LogP contribution in [0.25, 0.3) is 21.6 Å². The van der Waals surface area contributed by atoms with Gasteiger partial charge in [-0.1, -0.05) is 6.07 Å². The third-order valence-corrected chi connectivity index (χ3v) is 6.19. The van der Waals surface area contributed by atoms with Gasteiger partial charge in [-0.15, -0.1) is 11.3 Å². The highest BCUT2D eigenvalue weighted by Gasteiger charge is 2.35. The second-order valence-corrected chi connectivity index (χ2v) is 8.15. The predicted octanol–water partition coefficient (Wildman–Crippen LogP) is 3.56. The standard InChI is InChI=1S/C21H24N4O3S/c1-4-28-21(27)16-8-5-6-10-25(16)20(26)14-12-15(17-9-7-11-29-17)22-19-18(14)13(2)23-24(19)3/h7,9,11-12,16H,4-6,8,10H2,1-3H3. The van der Waals surface area contributed by atoms with E-state index < -0.39 is 6.04 Å². The number of ether oxygens (including phenoxy) is 1. The van der Waals surface area contributed by atoms with E-state index in [1.807, 2.05) is 37.6 Å². The van der Waals surface area contributed by atoms with Gasteiger partial charge in [0.15, 0.2) is 5.65 Å². The molecule has 3 aromatic rings. The average Bonchev–Trinajstić information content (AvgIpc) is 3.36. The number of nitrogens with zero attached hydrogens (tertiary/aromatic N) is 4. The zero-order chi connectivity index (χ0) is 20.5. The van der Waals surface area contributed by atoms with Crippen molar-refractivity contribution >= 4 is 34.2 Å². The lowest BCUT2D eigenvalue weighted by molar-refractivity contribution is -0.149. The maximum absolute atomic E-state index is 13.7. The lowest BCUT2D eigenvalue weighted by Gasteiger charge is -2.34. The zero-order valence-electron chi connectivity index (χ0n) is 16.8. The Labute approximate surface area is 173 Å². The van der Waals surface area contributed by atoms with E-state index in [2.05, 4.69) is 5.10 Å². The average molecular weight is 413 g/mol. The third-order valence-electron chi connectivity index (χ3n) is 5.30. The van der Waals surface area contributed by atoms with Crippen molar-refractivity contribution in [3.8, 4) is 10.6 Å². The molecule has 1 unspecified atom stereocenters. The van der Waals surface area contributed by atoms with Crippen molar-refractivity contribution in [2.45, 2.75) is 39.2 Å². The van der Waals surface area contributed by atoms with Crippen LogP contribution in [0.2, 0.25) is 0 Å². The van der Waals surface area contributed by atoms with Crippen LogP contribution in [0.4, 0.5) is 0 Å². The van der Waals surface area contributed by atoms with Gasteiger partial charge in [-0.3, -0.25) is 9.48 Å². The first-order valence-corrected chi connectivity index (χ1v) is 10.7. The highest BCUT2D eigenvalue weighted by molar-refractivity contribution is 7.13. The molecular weight excluding hydrogens is 388 g/mol. The molecule has 152 valence electrons. The van der Waals surface area contributed by atoms with Gasteiger partial charge in [-0.25, -0.2) is 9.78 Å². The third kappa shape index (κ3) is 3.53. The van der Waals surface area contributed by atoms with Crippen LogP contribution in [0.5, 0.6) is 0 Å². The smallest absolute Gasteiger partial charge is 0.328 e. The molecule has 3 aromatic heterocycles. The Morgan fingerprint density at radius 2 is 2.17 bits per heavy atom. The molecule has 4 heterocycles. The van der Waals surface area contributed by atoms with Crippen LogP contribution in [-0.2, 0) is 16.6 Å². The number of fused-ring (bicyclic) bond motifs is 1. The maximum Gasteiger partial charge on any atom is 0.328 e. The fourth-order valence-electron chi connectivity index (χ4n) is 3.98. The number of hydrogen-bond donors (Lipinski definition) is 0. The highest BCUT2D eigenvalue weighted by Crippen LogP contribution is 2.31. The van der Waals surface area contributed by atoms with Crippen LogP contribution in [0.3, 0.4) is 0 Å². The molecule has 0 aromatic carbocycles. The number of esters is 1. The summed E-state index contributed by atoms with van der Waals surface area (Å²) in [4.78, 5) is 33.6. The fraction of sp³-hybridized carbons (Fsp3) is 0.429. The summed E-state index contributed by atoms with van der Waals surface area (Å²) in [6, 6.07) is 5.24. The quantitative estimate of drug-likeness (QED) is 0.613. The summed E-state index contributed by atoms with van der Waals surface area (Å²) in [6.45, 7) is 4.51. The van der Waals surface area contributed by atoms with E-state index in [-0.39, 0.29) is 11.9 Å². The Bertz CT molecular complexity index is 1060. The number of carbonyl (C=O) groups is 2. The number of rotatable bonds is 4. The molecule has 1 amide bonds. The largest absolute Gasteiger partial charge is 0.464 e. The second kappa shape index (κ2) is 7.94. The molecule has 4 rings (SSSR count). The van der Waals surface area contributed by atoms with Gasteiger partial charge in [0.05, 0.1) is 33.8 Å². The number of pyridine rings is 1. The van der Waals surface area contributed by atoms with E-state index in [1.54, 1.807) is 27.8 Å². The lowest BCUT2D eigenvalue weighted by atomic mass is 9.99. The molecule has 0 spiro atoms. The summed E-state index contributed by atoms with van der Waals surface area (Å²) in [5, 5.41) is 7.21. The lowest BCUT2D eigenvalue weighted by Crippen LogP contribution is -2.48. The fourth-order valence-corrected chi connectivity index (χ4v) is 4.66. The molecule has 1 aliphatic rings. The number of aryl methyl sites for hydroxylation is 2. The minimum absolute atomic E-state index is 0.163. The van der Waals surface area contributed by atoms with E-state index in [4.69, 9.17) is 9.72 Å². The van der Waals surface area contributed by atoms with Gasteiger partial charge in [0.2, 0.25) is 0 Å². The summed E-state index contributed by atoms with van der Waals surface area (Å²) in [7, 11) is 1.83. The number of aromatic nitrogens is 3. The number of likely N-dealkylation sites (tertiary alicyclic amines) is 1. The van der Waals surface area contributed by atoms with Crippen molar-refractivity contribution in [2.75, 3.05) is 13.2 Å². The normalized spacial score (nSPS) is 16.9. The number of amides is 1. The van der Waals surface area contributed by atoms with Crippen LogP contribution in [0.1, 0.15) is 42.2 Å². The minimum atomic E-state index is -0.540. The van der Waals surface area contributed by atoms with Gasteiger partial charge in [0, 0.05) is 13.6 Å². The van der Waals surface area contributed by atoms with Crippen molar-refractivity contribution < 1.29 is 14.3 Å². The van der Waals surface area contributed by atoms with Crippen molar-refractivity contribution in [1.82, 2.24) is 19.7 Å². The van der Waals surface area contributed by atoms with Crippen LogP contribution in [0, 0.1) is 6.92 Å². The Kier molecular flexibility index (Phi) is 5.36. The number of thiophene rings is 1. The van der Waals surface area contributed by atoms with E-state index in [1.165, 1.54) is 0 Å². The Morgan fingerprint density at radius 3 is 2.90 bits per heavy atom. The van der Waals surface area contributed by atoms with E-state index in [9.17, 15) is 9.59 Å². The highest BCUT2D eigenvalue weighted by atomic mass is 32.1. The Balaban J connectivity index is 1.83. The van der Waals surface area contributed by atoms with E-state index in [0.29, 0.717) is 30.8 Å². The van der Waals surface area contributed by atoms with Crippen LogP contribution in [-0.4, -0.2) is 50.7 Å². The minimum Gasteiger partial charge on any atom is -0.464 e. The van der Waals surface area contributed by atoms with Crippen LogP contribution >= 0.6 is 11.3 Å². The molecule has 1 saturated heterocycles. The summed E-state index contributed by atoms with van der Waals surface area (Å²) in [5.41, 5.74) is 2.70. The molecular formula is C21H24N4O3S. The van der Waals surface area contributed by atoms with Gasteiger partial charge in [0.1, 0.15) is 6.04 Å². The van der Waals surface area contributed by atoms with Crippen LogP contribution in [0.15, 0.2) is 23.6 Å². The molecule has 0 bridgehead atoms. The molecule has 1 aliphatic heterocycles. The van der Waals surface area contributed by atoms with Crippen molar-refractivity contribution in [2.24, 2.45) is 7.05 Å². The van der Waals surface area contributed by atoms with Gasteiger partial charge < -0.3 is 9.64 Å². The van der Waals surface area contributed by atoms with E-state index in [0.717, 1.165) is 34.5 Å². The molecule has 1 fully saturated rings. The maximum atomic E-state index is 13.7. The molecule has 29 heavy (non-hydrogen) atoms. The molecule has 8 heteroatoms. The van der Waals surface area contributed by atoms with Crippen molar-refractivity contribution in [3.63, 3.8) is 0 Å². The first-order chi connectivity index (χ1) is 14.0.